The van der Waals surface area contributed by atoms with Gasteiger partial charge in [-0.3, -0.25) is 14.9 Å². The predicted octanol–water partition coefficient (Wildman–Crippen LogP) is 1.09. The zero-order valence-corrected chi connectivity index (χ0v) is 10.7. The molecule has 2 heterocycles. The molecule has 102 valence electrons. The van der Waals surface area contributed by atoms with Crippen molar-refractivity contribution in [1.82, 2.24) is 15.1 Å². The highest BCUT2D eigenvalue weighted by atomic mass is 16.2. The number of para-hydroxylation sites is 1. The first-order valence-corrected chi connectivity index (χ1v) is 6.44. The molecule has 0 radical (unpaired) electrons. The Kier molecular flexibility index (Phi) is 3.20. The van der Waals surface area contributed by atoms with E-state index in [2.05, 4.69) is 15.7 Å². The Labute approximate surface area is 115 Å². The van der Waals surface area contributed by atoms with Gasteiger partial charge in [-0.05, 0) is 18.6 Å². The summed E-state index contributed by atoms with van der Waals surface area (Å²) in [5, 5.41) is 9.73. The summed E-state index contributed by atoms with van der Waals surface area (Å²) in [5.41, 5.74) is 0.948. The van der Waals surface area contributed by atoms with Crippen LogP contribution in [0.25, 0.3) is 5.69 Å². The lowest BCUT2D eigenvalue weighted by atomic mass is 10.1. The van der Waals surface area contributed by atoms with E-state index in [9.17, 15) is 9.59 Å². The van der Waals surface area contributed by atoms with Gasteiger partial charge >= 0.3 is 0 Å². The van der Waals surface area contributed by atoms with Crippen molar-refractivity contribution in [3.05, 3.63) is 42.6 Å². The third kappa shape index (κ3) is 2.54. The minimum atomic E-state index is -0.410. The van der Waals surface area contributed by atoms with Gasteiger partial charge in [-0.2, -0.15) is 5.10 Å². The number of hydrogen-bond donors (Lipinski definition) is 2. The molecule has 2 N–H and O–H groups in total. The van der Waals surface area contributed by atoms with E-state index in [1.54, 1.807) is 10.7 Å². The van der Waals surface area contributed by atoms with E-state index < -0.39 is 6.04 Å². The number of piperidine rings is 1. The van der Waals surface area contributed by atoms with Crippen LogP contribution in [0, 0.1) is 0 Å². The molecular weight excluding hydrogens is 256 g/mol. The summed E-state index contributed by atoms with van der Waals surface area (Å²) < 4.78 is 1.73. The Bertz CT molecular complexity index is 636. The van der Waals surface area contributed by atoms with Crippen LogP contribution in [0.2, 0.25) is 0 Å². The van der Waals surface area contributed by atoms with Crippen molar-refractivity contribution in [1.29, 1.82) is 0 Å². The van der Waals surface area contributed by atoms with Gasteiger partial charge in [-0.1, -0.05) is 18.2 Å². The summed E-state index contributed by atoms with van der Waals surface area (Å²) in [6, 6.07) is 11.1. The van der Waals surface area contributed by atoms with Crippen molar-refractivity contribution in [3.63, 3.8) is 0 Å². The second-order valence-corrected chi connectivity index (χ2v) is 4.63. The van der Waals surface area contributed by atoms with Crippen LogP contribution in [-0.4, -0.2) is 27.6 Å². The Morgan fingerprint density at radius 3 is 2.75 bits per heavy atom. The van der Waals surface area contributed by atoms with Crippen molar-refractivity contribution < 1.29 is 9.59 Å². The fourth-order valence-electron chi connectivity index (χ4n) is 2.14. The van der Waals surface area contributed by atoms with E-state index in [-0.39, 0.29) is 11.8 Å². The van der Waals surface area contributed by atoms with Gasteiger partial charge in [0.2, 0.25) is 11.8 Å². The number of aromatic nitrogens is 2. The number of carbonyl (C=O) groups is 2. The Morgan fingerprint density at radius 2 is 2.00 bits per heavy atom. The number of nitrogens with zero attached hydrogens (tertiary/aromatic N) is 2. The van der Waals surface area contributed by atoms with Crippen LogP contribution in [0.1, 0.15) is 12.8 Å². The molecule has 3 rings (SSSR count). The maximum Gasteiger partial charge on any atom is 0.249 e. The standard InChI is InChI=1S/C14H14N4O2/c19-13-7-6-11(14(20)16-13)15-12-8-9-18(17-12)10-4-2-1-3-5-10/h1-5,8-9,11H,6-7H2,(H,15,17)(H,16,19,20). The van der Waals surface area contributed by atoms with E-state index in [1.807, 2.05) is 36.5 Å². The minimum absolute atomic E-state index is 0.220. The number of nitrogens with one attached hydrogen (secondary N) is 2. The topological polar surface area (TPSA) is 76.0 Å². The highest BCUT2D eigenvalue weighted by Gasteiger charge is 2.26. The molecule has 1 aromatic carbocycles. The minimum Gasteiger partial charge on any atom is -0.357 e. The van der Waals surface area contributed by atoms with Gasteiger partial charge in [-0.25, -0.2) is 4.68 Å². The molecule has 1 unspecified atom stereocenters. The maximum atomic E-state index is 11.7. The third-order valence-corrected chi connectivity index (χ3v) is 3.17. The molecule has 20 heavy (non-hydrogen) atoms. The largest absolute Gasteiger partial charge is 0.357 e. The number of carbonyl (C=O) groups excluding carboxylic acids is 2. The summed E-state index contributed by atoms with van der Waals surface area (Å²) in [6.07, 6.45) is 2.66. The first-order valence-electron chi connectivity index (χ1n) is 6.44. The molecule has 1 fully saturated rings. The lowest BCUT2D eigenvalue weighted by Crippen LogP contribution is -2.47. The molecule has 0 saturated carbocycles. The van der Waals surface area contributed by atoms with Crippen LogP contribution in [-0.2, 0) is 9.59 Å². The summed E-state index contributed by atoms with van der Waals surface area (Å²) in [6.45, 7) is 0. The SMILES string of the molecule is O=C1CCC(Nc2ccn(-c3ccccc3)n2)C(=O)N1. The molecule has 6 nitrogen and oxygen atoms in total. The van der Waals surface area contributed by atoms with Gasteiger partial charge in [0.25, 0.3) is 0 Å². The van der Waals surface area contributed by atoms with Crippen LogP contribution in [0.3, 0.4) is 0 Å². The second-order valence-electron chi connectivity index (χ2n) is 4.63. The fourth-order valence-corrected chi connectivity index (χ4v) is 2.14. The van der Waals surface area contributed by atoms with Gasteiger partial charge in [-0.15, -0.1) is 0 Å². The molecule has 1 aliphatic rings. The predicted molar refractivity (Wildman–Crippen MR) is 73.4 cm³/mol. The highest BCUT2D eigenvalue weighted by Crippen LogP contribution is 2.14. The number of amides is 2. The molecule has 6 heteroatoms. The van der Waals surface area contributed by atoms with Gasteiger partial charge < -0.3 is 5.32 Å². The number of imide groups is 1. The number of hydrogen-bond acceptors (Lipinski definition) is 4. The summed E-state index contributed by atoms with van der Waals surface area (Å²) in [4.78, 5) is 22.7. The van der Waals surface area contributed by atoms with Crippen LogP contribution >= 0.6 is 0 Å². The van der Waals surface area contributed by atoms with Gasteiger partial charge in [0.1, 0.15) is 11.9 Å². The van der Waals surface area contributed by atoms with Crippen molar-refractivity contribution in [2.75, 3.05) is 5.32 Å². The van der Waals surface area contributed by atoms with Crippen LogP contribution in [0.4, 0.5) is 5.82 Å². The summed E-state index contributed by atoms with van der Waals surface area (Å²) >= 11 is 0. The highest BCUT2D eigenvalue weighted by molar-refractivity contribution is 6.01. The van der Waals surface area contributed by atoms with Crippen molar-refractivity contribution in [3.8, 4) is 5.69 Å². The zero-order chi connectivity index (χ0) is 13.9. The number of rotatable bonds is 3. The smallest absolute Gasteiger partial charge is 0.249 e. The van der Waals surface area contributed by atoms with Crippen LogP contribution in [0.15, 0.2) is 42.6 Å². The van der Waals surface area contributed by atoms with E-state index in [1.165, 1.54) is 0 Å². The lowest BCUT2D eigenvalue weighted by Gasteiger charge is -2.21. The molecule has 2 amide bonds. The van der Waals surface area contributed by atoms with Gasteiger partial charge in [0.05, 0.1) is 5.69 Å². The zero-order valence-electron chi connectivity index (χ0n) is 10.7. The normalized spacial score (nSPS) is 18.7. The average molecular weight is 270 g/mol. The average Bonchev–Trinajstić information content (AvgIpc) is 2.92. The monoisotopic (exact) mass is 270 g/mol. The molecular formula is C14H14N4O2. The molecule has 1 aromatic heterocycles. The second kappa shape index (κ2) is 5.16. The van der Waals surface area contributed by atoms with E-state index in [0.29, 0.717) is 18.7 Å². The molecule has 1 atom stereocenters. The molecule has 0 aliphatic carbocycles. The first-order chi connectivity index (χ1) is 9.72. The molecule has 2 aromatic rings. The molecule has 0 bridgehead atoms. The molecule has 1 saturated heterocycles. The van der Waals surface area contributed by atoms with Gasteiger partial charge in [0.15, 0.2) is 0 Å². The Balaban J connectivity index is 1.72. The van der Waals surface area contributed by atoms with Crippen molar-refractivity contribution >= 4 is 17.6 Å². The van der Waals surface area contributed by atoms with Crippen LogP contribution in [0.5, 0.6) is 0 Å². The number of benzene rings is 1. The Morgan fingerprint density at radius 1 is 1.20 bits per heavy atom. The van der Waals surface area contributed by atoms with Crippen molar-refractivity contribution in [2.45, 2.75) is 18.9 Å². The number of anilines is 1. The molecule has 1 aliphatic heterocycles. The lowest BCUT2D eigenvalue weighted by molar-refractivity contribution is -0.133. The van der Waals surface area contributed by atoms with E-state index in [4.69, 9.17) is 0 Å². The molecule has 0 spiro atoms. The maximum absolute atomic E-state index is 11.7. The fraction of sp³-hybridized carbons (Fsp3) is 0.214. The van der Waals surface area contributed by atoms with Gasteiger partial charge in [0, 0.05) is 18.7 Å². The first kappa shape index (κ1) is 12.4. The quantitative estimate of drug-likeness (QED) is 0.819. The van der Waals surface area contributed by atoms with E-state index >= 15 is 0 Å². The third-order valence-electron chi connectivity index (χ3n) is 3.17. The van der Waals surface area contributed by atoms with E-state index in [0.717, 1.165) is 5.69 Å². The summed E-state index contributed by atoms with van der Waals surface area (Å²) in [5.74, 6) is 0.0988. The summed E-state index contributed by atoms with van der Waals surface area (Å²) in [7, 11) is 0. The van der Waals surface area contributed by atoms with Crippen LogP contribution < -0.4 is 10.6 Å². The van der Waals surface area contributed by atoms with Crippen molar-refractivity contribution in [2.24, 2.45) is 0 Å². The Hall–Kier alpha value is -2.63.